The Morgan fingerprint density at radius 1 is 0.697 bits per heavy atom. The molecule has 0 atom stereocenters. The van der Waals surface area contributed by atoms with Crippen molar-refractivity contribution in [3.8, 4) is 0 Å². The van der Waals surface area contributed by atoms with Crippen molar-refractivity contribution < 1.29 is 14.4 Å². The number of hydrazine groups is 1. The highest BCUT2D eigenvalue weighted by molar-refractivity contribution is 6.22. The van der Waals surface area contributed by atoms with Gasteiger partial charge in [-0.25, -0.2) is 9.97 Å². The molecule has 1 N–H and O–H groups in total. The Bertz CT molecular complexity index is 1260. The summed E-state index contributed by atoms with van der Waals surface area (Å²) in [5.74, 6) is -1.47. The quantitative estimate of drug-likeness (QED) is 0.485. The number of nitrogens with one attached hydrogen (secondary N) is 1. The molecule has 5 rings (SSSR count). The summed E-state index contributed by atoms with van der Waals surface area (Å²) < 4.78 is 0. The van der Waals surface area contributed by atoms with E-state index >= 15 is 0 Å². The SMILES string of the molecule is O=C(NN1C(=O)c2ccccc2C1=O)c1cnc(C(c2ccccc2)c2ccccc2)nc1. The van der Waals surface area contributed by atoms with E-state index in [1.807, 2.05) is 60.7 Å². The fourth-order valence-corrected chi connectivity index (χ4v) is 3.84. The summed E-state index contributed by atoms with van der Waals surface area (Å²) in [7, 11) is 0. The molecule has 1 aliphatic rings. The van der Waals surface area contributed by atoms with Gasteiger partial charge in [-0.15, -0.1) is 0 Å². The fraction of sp³-hybridized carbons (Fsp3) is 0.0385. The zero-order valence-corrected chi connectivity index (χ0v) is 17.4. The summed E-state index contributed by atoms with van der Waals surface area (Å²) >= 11 is 0. The molecule has 0 radical (unpaired) electrons. The number of rotatable bonds is 5. The first-order chi connectivity index (χ1) is 16.1. The van der Waals surface area contributed by atoms with Crippen molar-refractivity contribution >= 4 is 17.7 Å². The molecule has 4 aromatic rings. The van der Waals surface area contributed by atoms with Gasteiger partial charge in [0, 0.05) is 12.4 Å². The molecule has 0 aliphatic carbocycles. The second-order valence-electron chi connectivity index (χ2n) is 7.52. The maximum absolute atomic E-state index is 12.7. The largest absolute Gasteiger partial charge is 0.280 e. The van der Waals surface area contributed by atoms with E-state index in [4.69, 9.17) is 0 Å². The number of carbonyl (C=O) groups excluding carboxylic acids is 3. The molecule has 0 unspecified atom stereocenters. The van der Waals surface area contributed by atoms with Gasteiger partial charge < -0.3 is 0 Å². The van der Waals surface area contributed by atoms with Crippen molar-refractivity contribution in [1.82, 2.24) is 20.4 Å². The maximum Gasteiger partial charge on any atom is 0.280 e. The zero-order valence-electron chi connectivity index (χ0n) is 17.4. The lowest BCUT2D eigenvalue weighted by Gasteiger charge is -2.17. The number of benzene rings is 3. The third kappa shape index (κ3) is 3.76. The first-order valence-corrected chi connectivity index (χ1v) is 10.3. The van der Waals surface area contributed by atoms with Crippen molar-refractivity contribution in [3.63, 3.8) is 0 Å². The van der Waals surface area contributed by atoms with Crippen LogP contribution in [0.4, 0.5) is 0 Å². The van der Waals surface area contributed by atoms with E-state index in [1.54, 1.807) is 24.3 Å². The number of aromatic nitrogens is 2. The highest BCUT2D eigenvalue weighted by Gasteiger charge is 2.36. The van der Waals surface area contributed by atoms with Crippen LogP contribution in [0, 0.1) is 0 Å². The van der Waals surface area contributed by atoms with Gasteiger partial charge in [-0.2, -0.15) is 5.01 Å². The minimum atomic E-state index is -0.646. The Morgan fingerprint density at radius 3 is 1.64 bits per heavy atom. The Kier molecular flexibility index (Phi) is 5.20. The van der Waals surface area contributed by atoms with Crippen LogP contribution in [0.25, 0.3) is 0 Å². The molecule has 7 heteroatoms. The average molecular weight is 434 g/mol. The van der Waals surface area contributed by atoms with Crippen LogP contribution in [0.3, 0.4) is 0 Å². The second-order valence-corrected chi connectivity index (χ2v) is 7.52. The number of amides is 3. The molecule has 0 saturated heterocycles. The van der Waals surface area contributed by atoms with Gasteiger partial charge in [0.15, 0.2) is 0 Å². The van der Waals surface area contributed by atoms with Gasteiger partial charge in [-0.3, -0.25) is 19.8 Å². The minimum Gasteiger partial charge on any atom is -0.267 e. The number of hydrogen-bond donors (Lipinski definition) is 1. The predicted molar refractivity (Wildman–Crippen MR) is 120 cm³/mol. The Balaban J connectivity index is 1.39. The Hall–Kier alpha value is -4.65. The highest BCUT2D eigenvalue weighted by Crippen LogP contribution is 2.29. The molecule has 0 spiro atoms. The standard InChI is InChI=1S/C26H18N4O3/c31-24(29-30-25(32)20-13-7-8-14-21(20)26(30)33)19-15-27-23(28-16-19)22(17-9-3-1-4-10-17)18-11-5-2-6-12-18/h1-16,22H,(H,29,31). The van der Waals surface area contributed by atoms with Crippen molar-refractivity contribution in [3.05, 3.63) is 131 Å². The molecule has 1 aromatic heterocycles. The molecule has 160 valence electrons. The monoisotopic (exact) mass is 434 g/mol. The van der Waals surface area contributed by atoms with E-state index in [-0.39, 0.29) is 22.6 Å². The van der Waals surface area contributed by atoms with Crippen LogP contribution in [0.5, 0.6) is 0 Å². The fourth-order valence-electron chi connectivity index (χ4n) is 3.84. The van der Waals surface area contributed by atoms with E-state index in [0.717, 1.165) is 16.1 Å². The lowest BCUT2D eigenvalue weighted by Crippen LogP contribution is -2.45. The van der Waals surface area contributed by atoms with Crippen LogP contribution >= 0.6 is 0 Å². The number of carbonyl (C=O) groups is 3. The normalized spacial score (nSPS) is 12.7. The van der Waals surface area contributed by atoms with Crippen LogP contribution in [-0.4, -0.2) is 32.7 Å². The van der Waals surface area contributed by atoms with Gasteiger partial charge in [0.2, 0.25) is 0 Å². The molecule has 33 heavy (non-hydrogen) atoms. The summed E-state index contributed by atoms with van der Waals surface area (Å²) in [6, 6.07) is 26.1. The molecule has 7 nitrogen and oxygen atoms in total. The molecular formula is C26H18N4O3. The molecule has 3 aromatic carbocycles. The van der Waals surface area contributed by atoms with E-state index in [2.05, 4.69) is 15.4 Å². The van der Waals surface area contributed by atoms with E-state index in [1.165, 1.54) is 12.4 Å². The third-order valence-corrected chi connectivity index (χ3v) is 5.47. The molecule has 2 heterocycles. The summed E-state index contributed by atoms with van der Waals surface area (Å²) in [5.41, 5.74) is 5.05. The first kappa shape index (κ1) is 20.3. The molecule has 0 saturated carbocycles. The van der Waals surface area contributed by atoms with Gasteiger partial charge in [0.1, 0.15) is 5.82 Å². The van der Waals surface area contributed by atoms with Crippen molar-refractivity contribution in [2.24, 2.45) is 0 Å². The third-order valence-electron chi connectivity index (χ3n) is 5.47. The van der Waals surface area contributed by atoms with Gasteiger partial charge in [0.25, 0.3) is 17.7 Å². The summed E-state index contributed by atoms with van der Waals surface area (Å²) in [6.07, 6.45) is 2.80. The van der Waals surface area contributed by atoms with Gasteiger partial charge >= 0.3 is 0 Å². The van der Waals surface area contributed by atoms with Crippen molar-refractivity contribution in [2.75, 3.05) is 0 Å². The van der Waals surface area contributed by atoms with Crippen LogP contribution in [0.15, 0.2) is 97.3 Å². The molecule has 3 amide bonds. The number of fused-ring (bicyclic) bond motifs is 1. The van der Waals surface area contributed by atoms with Gasteiger partial charge in [-0.1, -0.05) is 72.8 Å². The summed E-state index contributed by atoms with van der Waals surface area (Å²) in [5, 5.41) is 0.720. The summed E-state index contributed by atoms with van der Waals surface area (Å²) in [4.78, 5) is 46.6. The lowest BCUT2D eigenvalue weighted by atomic mass is 9.90. The topological polar surface area (TPSA) is 92.3 Å². The van der Waals surface area contributed by atoms with E-state index in [9.17, 15) is 14.4 Å². The first-order valence-electron chi connectivity index (χ1n) is 10.3. The Morgan fingerprint density at radius 2 is 1.15 bits per heavy atom. The predicted octanol–water partition coefficient (Wildman–Crippen LogP) is 3.60. The highest BCUT2D eigenvalue weighted by atomic mass is 16.2. The van der Waals surface area contributed by atoms with Crippen LogP contribution in [0.1, 0.15) is 53.9 Å². The van der Waals surface area contributed by atoms with Crippen molar-refractivity contribution in [1.29, 1.82) is 0 Å². The number of imide groups is 1. The zero-order chi connectivity index (χ0) is 22.8. The minimum absolute atomic E-state index is 0.134. The van der Waals surface area contributed by atoms with E-state index in [0.29, 0.717) is 5.82 Å². The number of hydrogen-bond acceptors (Lipinski definition) is 5. The molecule has 0 fully saturated rings. The van der Waals surface area contributed by atoms with Crippen LogP contribution in [-0.2, 0) is 0 Å². The van der Waals surface area contributed by atoms with Crippen LogP contribution < -0.4 is 5.43 Å². The van der Waals surface area contributed by atoms with Gasteiger partial charge in [0.05, 0.1) is 22.6 Å². The second kappa shape index (κ2) is 8.47. The average Bonchev–Trinajstić information content (AvgIpc) is 3.11. The molecular weight excluding hydrogens is 416 g/mol. The van der Waals surface area contributed by atoms with Crippen LogP contribution in [0.2, 0.25) is 0 Å². The van der Waals surface area contributed by atoms with Crippen molar-refractivity contribution in [2.45, 2.75) is 5.92 Å². The lowest BCUT2D eigenvalue weighted by molar-refractivity contribution is 0.0517. The maximum atomic E-state index is 12.7. The molecule has 1 aliphatic heterocycles. The number of nitrogens with zero attached hydrogens (tertiary/aromatic N) is 3. The molecule has 0 bridgehead atoms. The smallest absolute Gasteiger partial charge is 0.267 e. The Labute approximate surface area is 189 Å². The van der Waals surface area contributed by atoms with E-state index < -0.39 is 17.7 Å². The van der Waals surface area contributed by atoms with Gasteiger partial charge in [-0.05, 0) is 23.3 Å². The summed E-state index contributed by atoms with van der Waals surface area (Å²) in [6.45, 7) is 0.